The zero-order chi connectivity index (χ0) is 11.5. The molecule has 0 bridgehead atoms. The van der Waals surface area contributed by atoms with Crippen molar-refractivity contribution in [3.63, 3.8) is 0 Å². The maximum absolute atomic E-state index is 2.38. The van der Waals surface area contributed by atoms with Crippen molar-refractivity contribution in [2.24, 2.45) is 0 Å². The van der Waals surface area contributed by atoms with Gasteiger partial charge in [0, 0.05) is 18.8 Å². The van der Waals surface area contributed by atoms with E-state index in [2.05, 4.69) is 62.1 Å². The fourth-order valence-electron chi connectivity index (χ4n) is 2.22. The number of hydrogen-bond donors (Lipinski definition) is 0. The maximum Gasteiger partial charge on any atom is 0.0372 e. The van der Waals surface area contributed by atoms with Gasteiger partial charge in [0.25, 0.3) is 0 Å². The van der Waals surface area contributed by atoms with Crippen LogP contribution in [0.2, 0.25) is 0 Å². The van der Waals surface area contributed by atoms with Gasteiger partial charge in [0.15, 0.2) is 0 Å². The molecular weight excluding hydrogens is 194 g/mol. The van der Waals surface area contributed by atoms with Crippen LogP contribution in [-0.2, 0) is 0 Å². The molecule has 0 radical (unpaired) electrons. The van der Waals surface area contributed by atoms with Gasteiger partial charge in [-0.1, -0.05) is 24.3 Å². The zero-order valence-corrected chi connectivity index (χ0v) is 10.3. The standard InChI is InChI=1S/C15H19N/c1-4-16(5-2)14-9-10-15-12(3)7-6-8-13(15)11-14/h6-11H,4-5H2,1-3H3. The molecule has 1 nitrogen and oxygen atoms in total. The van der Waals surface area contributed by atoms with E-state index in [-0.39, 0.29) is 0 Å². The summed E-state index contributed by atoms with van der Waals surface area (Å²) < 4.78 is 0. The van der Waals surface area contributed by atoms with Gasteiger partial charge in [-0.3, -0.25) is 0 Å². The summed E-state index contributed by atoms with van der Waals surface area (Å²) in [7, 11) is 0. The Labute approximate surface area is 97.7 Å². The van der Waals surface area contributed by atoms with Crippen molar-refractivity contribution in [3.8, 4) is 0 Å². The fraction of sp³-hybridized carbons (Fsp3) is 0.333. The first kappa shape index (κ1) is 11.0. The maximum atomic E-state index is 2.38. The first-order chi connectivity index (χ1) is 7.76. The molecule has 0 amide bonds. The molecule has 16 heavy (non-hydrogen) atoms. The van der Waals surface area contributed by atoms with E-state index in [1.54, 1.807) is 0 Å². The second kappa shape index (κ2) is 4.56. The zero-order valence-electron chi connectivity index (χ0n) is 10.3. The van der Waals surface area contributed by atoms with Crippen LogP contribution >= 0.6 is 0 Å². The highest BCUT2D eigenvalue weighted by Gasteiger charge is 2.03. The summed E-state index contributed by atoms with van der Waals surface area (Å²) in [5.41, 5.74) is 2.67. The molecule has 0 aliphatic carbocycles. The molecule has 0 unspecified atom stereocenters. The van der Waals surface area contributed by atoms with Crippen molar-refractivity contribution < 1.29 is 0 Å². The minimum Gasteiger partial charge on any atom is -0.372 e. The van der Waals surface area contributed by atoms with Gasteiger partial charge in [-0.25, -0.2) is 0 Å². The van der Waals surface area contributed by atoms with Gasteiger partial charge in [-0.05, 0) is 49.2 Å². The van der Waals surface area contributed by atoms with Gasteiger partial charge < -0.3 is 4.90 Å². The topological polar surface area (TPSA) is 3.24 Å². The molecular formula is C15H19N. The third kappa shape index (κ3) is 1.90. The molecule has 0 N–H and O–H groups in total. The quantitative estimate of drug-likeness (QED) is 0.745. The first-order valence-corrected chi connectivity index (χ1v) is 6.00. The van der Waals surface area contributed by atoms with Crippen LogP contribution in [0.5, 0.6) is 0 Å². The number of aryl methyl sites for hydroxylation is 1. The molecule has 2 aromatic rings. The van der Waals surface area contributed by atoms with Gasteiger partial charge in [-0.2, -0.15) is 0 Å². The Morgan fingerprint density at radius 1 is 1.00 bits per heavy atom. The molecule has 84 valence electrons. The van der Waals surface area contributed by atoms with E-state index >= 15 is 0 Å². The molecule has 0 fully saturated rings. The summed E-state index contributed by atoms with van der Waals surface area (Å²) >= 11 is 0. The summed E-state index contributed by atoms with van der Waals surface area (Å²) in [5, 5.41) is 2.70. The lowest BCUT2D eigenvalue weighted by atomic mass is 10.0. The number of nitrogens with zero attached hydrogens (tertiary/aromatic N) is 1. The van der Waals surface area contributed by atoms with E-state index in [1.807, 2.05) is 0 Å². The SMILES string of the molecule is CCN(CC)c1ccc2c(C)cccc2c1. The Morgan fingerprint density at radius 3 is 2.44 bits per heavy atom. The summed E-state index contributed by atoms with van der Waals surface area (Å²) in [5.74, 6) is 0. The summed E-state index contributed by atoms with van der Waals surface area (Å²) in [6, 6.07) is 13.2. The molecule has 0 atom stereocenters. The molecule has 0 aliphatic rings. The highest BCUT2D eigenvalue weighted by Crippen LogP contribution is 2.24. The lowest BCUT2D eigenvalue weighted by Gasteiger charge is -2.21. The number of hydrogen-bond acceptors (Lipinski definition) is 1. The van der Waals surface area contributed by atoms with Gasteiger partial charge in [0.05, 0.1) is 0 Å². The third-order valence-electron chi connectivity index (χ3n) is 3.21. The minimum atomic E-state index is 1.06. The largest absolute Gasteiger partial charge is 0.372 e. The molecule has 0 saturated heterocycles. The van der Waals surface area contributed by atoms with Gasteiger partial charge in [0.1, 0.15) is 0 Å². The minimum absolute atomic E-state index is 1.06. The van der Waals surface area contributed by atoms with Crippen molar-refractivity contribution in [1.29, 1.82) is 0 Å². The lowest BCUT2D eigenvalue weighted by molar-refractivity contribution is 0.867. The Kier molecular flexibility index (Phi) is 3.14. The monoisotopic (exact) mass is 213 g/mol. The third-order valence-corrected chi connectivity index (χ3v) is 3.21. The van der Waals surface area contributed by atoms with Crippen molar-refractivity contribution in [2.75, 3.05) is 18.0 Å². The highest BCUT2D eigenvalue weighted by molar-refractivity contribution is 5.88. The van der Waals surface area contributed by atoms with E-state index in [4.69, 9.17) is 0 Å². The van der Waals surface area contributed by atoms with Crippen LogP contribution in [0, 0.1) is 6.92 Å². The number of rotatable bonds is 3. The summed E-state index contributed by atoms with van der Waals surface area (Å²) in [4.78, 5) is 2.38. The number of benzene rings is 2. The highest BCUT2D eigenvalue weighted by atomic mass is 15.1. The number of anilines is 1. The van der Waals surface area contributed by atoms with Gasteiger partial charge in [0.2, 0.25) is 0 Å². The van der Waals surface area contributed by atoms with Crippen LogP contribution in [0.1, 0.15) is 19.4 Å². The molecule has 1 heteroatoms. The van der Waals surface area contributed by atoms with Crippen LogP contribution in [-0.4, -0.2) is 13.1 Å². The molecule has 2 rings (SSSR count). The first-order valence-electron chi connectivity index (χ1n) is 6.00. The van der Waals surface area contributed by atoms with E-state index in [9.17, 15) is 0 Å². The average Bonchev–Trinajstić information content (AvgIpc) is 2.31. The second-order valence-corrected chi connectivity index (χ2v) is 4.15. The Balaban J connectivity index is 2.52. The van der Waals surface area contributed by atoms with Crippen LogP contribution in [0.15, 0.2) is 36.4 Å². The Hall–Kier alpha value is -1.50. The van der Waals surface area contributed by atoms with E-state index in [0.717, 1.165) is 13.1 Å². The normalized spacial score (nSPS) is 10.7. The molecule has 0 aromatic heterocycles. The molecule has 0 aliphatic heterocycles. The smallest absolute Gasteiger partial charge is 0.0372 e. The lowest BCUT2D eigenvalue weighted by Crippen LogP contribution is -2.21. The van der Waals surface area contributed by atoms with E-state index in [1.165, 1.54) is 22.0 Å². The van der Waals surface area contributed by atoms with Crippen LogP contribution in [0.4, 0.5) is 5.69 Å². The van der Waals surface area contributed by atoms with Crippen LogP contribution in [0.25, 0.3) is 10.8 Å². The molecule has 2 aromatic carbocycles. The van der Waals surface area contributed by atoms with Crippen LogP contribution in [0.3, 0.4) is 0 Å². The second-order valence-electron chi connectivity index (χ2n) is 4.15. The average molecular weight is 213 g/mol. The Bertz CT molecular complexity index is 484. The van der Waals surface area contributed by atoms with Gasteiger partial charge >= 0.3 is 0 Å². The van der Waals surface area contributed by atoms with Crippen molar-refractivity contribution in [2.45, 2.75) is 20.8 Å². The predicted molar refractivity (Wildman–Crippen MR) is 72.2 cm³/mol. The number of fused-ring (bicyclic) bond motifs is 1. The van der Waals surface area contributed by atoms with E-state index in [0.29, 0.717) is 0 Å². The van der Waals surface area contributed by atoms with Crippen molar-refractivity contribution in [1.82, 2.24) is 0 Å². The van der Waals surface area contributed by atoms with E-state index < -0.39 is 0 Å². The van der Waals surface area contributed by atoms with Crippen LogP contribution < -0.4 is 4.90 Å². The van der Waals surface area contributed by atoms with Crippen molar-refractivity contribution >= 4 is 16.5 Å². The predicted octanol–water partition coefficient (Wildman–Crippen LogP) is 3.99. The fourth-order valence-corrected chi connectivity index (χ4v) is 2.22. The summed E-state index contributed by atoms with van der Waals surface area (Å²) in [6.45, 7) is 8.69. The Morgan fingerprint density at radius 2 is 1.75 bits per heavy atom. The molecule has 0 spiro atoms. The van der Waals surface area contributed by atoms with Crippen molar-refractivity contribution in [3.05, 3.63) is 42.0 Å². The van der Waals surface area contributed by atoms with Gasteiger partial charge in [-0.15, -0.1) is 0 Å². The summed E-state index contributed by atoms with van der Waals surface area (Å²) in [6.07, 6.45) is 0. The molecule has 0 heterocycles. The molecule has 0 saturated carbocycles.